The van der Waals surface area contributed by atoms with Gasteiger partial charge < -0.3 is 9.64 Å². The molecule has 0 bridgehead atoms. The number of sulfonamides is 1. The summed E-state index contributed by atoms with van der Waals surface area (Å²) in [5.41, 5.74) is 2.53. The van der Waals surface area contributed by atoms with Crippen molar-refractivity contribution < 1.29 is 17.9 Å². The number of rotatable bonds is 7. The van der Waals surface area contributed by atoms with Gasteiger partial charge in [-0.3, -0.25) is 4.79 Å². The Kier molecular flexibility index (Phi) is 7.25. The van der Waals surface area contributed by atoms with Gasteiger partial charge in [0.2, 0.25) is 10.0 Å². The number of amides is 1. The zero-order chi connectivity index (χ0) is 21.1. The molecule has 152 valence electrons. The van der Waals surface area contributed by atoms with Gasteiger partial charge in [0, 0.05) is 31.2 Å². The average Bonchev–Trinajstić information content (AvgIpc) is 2.60. The third-order valence-electron chi connectivity index (χ3n) is 4.17. The van der Waals surface area contributed by atoms with Crippen LogP contribution in [-0.4, -0.2) is 57.8 Å². The minimum absolute atomic E-state index is 0.0586. The molecule has 0 aliphatic carbocycles. The van der Waals surface area contributed by atoms with Gasteiger partial charge in [-0.15, -0.1) is 0 Å². The van der Waals surface area contributed by atoms with Gasteiger partial charge >= 0.3 is 0 Å². The molecule has 28 heavy (non-hydrogen) atoms. The van der Waals surface area contributed by atoms with Crippen LogP contribution >= 0.6 is 15.9 Å². The topological polar surface area (TPSA) is 66.9 Å². The molecule has 0 saturated heterocycles. The molecule has 1 amide bonds. The second-order valence-electron chi connectivity index (χ2n) is 6.83. The summed E-state index contributed by atoms with van der Waals surface area (Å²) in [4.78, 5) is 14.3. The van der Waals surface area contributed by atoms with Crippen LogP contribution < -0.4 is 4.74 Å². The molecule has 0 fully saturated rings. The van der Waals surface area contributed by atoms with Gasteiger partial charge in [0.15, 0.2) is 0 Å². The van der Waals surface area contributed by atoms with Crippen molar-refractivity contribution in [3.8, 4) is 5.75 Å². The fourth-order valence-electron chi connectivity index (χ4n) is 2.67. The van der Waals surface area contributed by atoms with E-state index in [4.69, 9.17) is 4.74 Å². The lowest BCUT2D eigenvalue weighted by molar-refractivity contribution is 0.0773. The Balaban J connectivity index is 2.09. The number of likely N-dealkylation sites (N-methyl/N-ethyl adjacent to an activating group) is 1. The molecule has 0 radical (unpaired) electrons. The third-order valence-corrected chi connectivity index (χ3v) is 6.98. The lowest BCUT2D eigenvalue weighted by Gasteiger charge is -2.19. The molecular weight excluding hydrogens is 444 g/mol. The Morgan fingerprint density at radius 2 is 1.64 bits per heavy atom. The highest BCUT2D eigenvalue weighted by Gasteiger charge is 2.23. The monoisotopic (exact) mass is 468 g/mol. The van der Waals surface area contributed by atoms with E-state index < -0.39 is 10.0 Å². The quantitative estimate of drug-likeness (QED) is 0.623. The van der Waals surface area contributed by atoms with Crippen molar-refractivity contribution in [1.29, 1.82) is 0 Å². The Bertz CT molecular complexity index is 954. The highest BCUT2D eigenvalue weighted by Crippen LogP contribution is 2.25. The summed E-state index contributed by atoms with van der Waals surface area (Å²) in [5, 5.41) is 0. The molecule has 0 unspecified atom stereocenters. The fourth-order valence-corrected chi connectivity index (χ4v) is 4.51. The SMILES string of the molecule is Cc1cc(C)cc(OCCN(C)C(=O)c2ccc(Br)c(S(=O)(=O)N(C)C)c2)c1. The number of nitrogens with zero attached hydrogens (tertiary/aromatic N) is 2. The van der Waals surface area contributed by atoms with Crippen LogP contribution in [0.15, 0.2) is 45.8 Å². The summed E-state index contributed by atoms with van der Waals surface area (Å²) in [5.74, 6) is 0.494. The second kappa shape index (κ2) is 9.07. The number of ether oxygens (including phenoxy) is 1. The number of hydrogen-bond acceptors (Lipinski definition) is 4. The molecule has 0 atom stereocenters. The van der Waals surface area contributed by atoms with Crippen LogP contribution in [0.1, 0.15) is 21.5 Å². The van der Waals surface area contributed by atoms with E-state index in [1.54, 1.807) is 19.2 Å². The van der Waals surface area contributed by atoms with Crippen molar-refractivity contribution in [3.63, 3.8) is 0 Å². The van der Waals surface area contributed by atoms with Gasteiger partial charge in [-0.2, -0.15) is 0 Å². The molecule has 2 aromatic carbocycles. The van der Waals surface area contributed by atoms with Crippen molar-refractivity contribution in [2.24, 2.45) is 0 Å². The normalized spacial score (nSPS) is 11.5. The first-order valence-corrected chi connectivity index (χ1v) is 10.9. The number of aryl methyl sites for hydroxylation is 2. The summed E-state index contributed by atoms with van der Waals surface area (Å²) in [7, 11) is 0.905. The standard InChI is InChI=1S/C20H25BrN2O4S/c1-14-10-15(2)12-17(11-14)27-9-8-23(5)20(24)16-6-7-18(21)19(13-16)28(25,26)22(3)4/h6-7,10-13H,8-9H2,1-5H3. The van der Waals surface area contributed by atoms with Crippen LogP contribution in [0.4, 0.5) is 0 Å². The Morgan fingerprint density at radius 1 is 1.04 bits per heavy atom. The van der Waals surface area contributed by atoms with E-state index in [9.17, 15) is 13.2 Å². The van der Waals surface area contributed by atoms with Crippen molar-refractivity contribution >= 4 is 31.9 Å². The molecule has 0 saturated carbocycles. The molecule has 0 aliphatic rings. The molecule has 2 rings (SSSR count). The molecule has 8 heteroatoms. The first kappa shape index (κ1) is 22.4. The van der Waals surface area contributed by atoms with Gasteiger partial charge in [-0.05, 0) is 71.2 Å². The lowest BCUT2D eigenvalue weighted by atomic mass is 10.1. The molecule has 0 heterocycles. The Hall–Kier alpha value is -1.90. The molecule has 2 aromatic rings. The van der Waals surface area contributed by atoms with Gasteiger partial charge in [0.1, 0.15) is 12.4 Å². The first-order chi connectivity index (χ1) is 13.0. The van der Waals surface area contributed by atoms with Crippen LogP contribution in [0.3, 0.4) is 0 Å². The summed E-state index contributed by atoms with van der Waals surface area (Å²) < 4.78 is 32.1. The van der Waals surface area contributed by atoms with E-state index in [0.29, 0.717) is 23.2 Å². The minimum Gasteiger partial charge on any atom is -0.492 e. The van der Waals surface area contributed by atoms with E-state index in [1.807, 2.05) is 26.0 Å². The highest BCUT2D eigenvalue weighted by molar-refractivity contribution is 9.10. The number of hydrogen-bond donors (Lipinski definition) is 0. The van der Waals surface area contributed by atoms with Crippen molar-refractivity contribution in [1.82, 2.24) is 9.21 Å². The highest BCUT2D eigenvalue weighted by atomic mass is 79.9. The van der Waals surface area contributed by atoms with Crippen LogP contribution in [0.5, 0.6) is 5.75 Å². The minimum atomic E-state index is -3.66. The average molecular weight is 469 g/mol. The smallest absolute Gasteiger partial charge is 0.253 e. The molecule has 6 nitrogen and oxygen atoms in total. The Morgan fingerprint density at radius 3 is 2.21 bits per heavy atom. The summed E-state index contributed by atoms with van der Waals surface area (Å²) >= 11 is 3.25. The zero-order valence-corrected chi connectivity index (χ0v) is 19.1. The number of carbonyl (C=O) groups excluding carboxylic acids is 1. The summed E-state index contributed by atoms with van der Waals surface area (Å²) in [6.07, 6.45) is 0. The van der Waals surface area contributed by atoms with Gasteiger partial charge in [-0.1, -0.05) is 6.07 Å². The van der Waals surface area contributed by atoms with E-state index in [-0.39, 0.29) is 10.8 Å². The van der Waals surface area contributed by atoms with Crippen molar-refractivity contribution in [2.45, 2.75) is 18.7 Å². The fraction of sp³-hybridized carbons (Fsp3) is 0.350. The number of halogens is 1. The maximum Gasteiger partial charge on any atom is 0.253 e. The molecule has 0 N–H and O–H groups in total. The van der Waals surface area contributed by atoms with Crippen molar-refractivity contribution in [3.05, 3.63) is 57.6 Å². The van der Waals surface area contributed by atoms with Gasteiger partial charge in [0.25, 0.3) is 5.91 Å². The predicted molar refractivity (Wildman–Crippen MR) is 113 cm³/mol. The first-order valence-electron chi connectivity index (χ1n) is 8.71. The third kappa shape index (κ3) is 5.33. The van der Waals surface area contributed by atoms with Crippen LogP contribution in [0.25, 0.3) is 0 Å². The predicted octanol–water partition coefficient (Wildman–Crippen LogP) is 3.47. The number of benzene rings is 2. The molecule has 0 aromatic heterocycles. The van der Waals surface area contributed by atoms with E-state index in [0.717, 1.165) is 21.2 Å². The van der Waals surface area contributed by atoms with E-state index >= 15 is 0 Å². The van der Waals surface area contributed by atoms with Gasteiger partial charge in [0.05, 0.1) is 11.4 Å². The largest absolute Gasteiger partial charge is 0.492 e. The Labute approximate surface area is 175 Å². The maximum atomic E-state index is 12.7. The molecular formula is C20H25BrN2O4S. The summed E-state index contributed by atoms with van der Waals surface area (Å²) in [6.45, 7) is 4.72. The maximum absolute atomic E-state index is 12.7. The lowest BCUT2D eigenvalue weighted by Crippen LogP contribution is -2.31. The van der Waals surface area contributed by atoms with E-state index in [2.05, 4.69) is 22.0 Å². The zero-order valence-electron chi connectivity index (χ0n) is 16.7. The second-order valence-corrected chi connectivity index (χ2v) is 9.81. The van der Waals surface area contributed by atoms with Gasteiger partial charge in [-0.25, -0.2) is 12.7 Å². The van der Waals surface area contributed by atoms with Crippen LogP contribution in [0, 0.1) is 13.8 Å². The van der Waals surface area contributed by atoms with Crippen LogP contribution in [-0.2, 0) is 10.0 Å². The molecule has 0 aliphatic heterocycles. The van der Waals surface area contributed by atoms with Crippen LogP contribution in [0.2, 0.25) is 0 Å². The molecule has 0 spiro atoms. The number of carbonyl (C=O) groups is 1. The van der Waals surface area contributed by atoms with E-state index in [1.165, 1.54) is 25.1 Å². The summed E-state index contributed by atoms with van der Waals surface area (Å²) in [6, 6.07) is 10.5. The van der Waals surface area contributed by atoms with Crippen molar-refractivity contribution in [2.75, 3.05) is 34.3 Å².